The van der Waals surface area contributed by atoms with Crippen molar-refractivity contribution in [3.8, 4) is 5.75 Å². The molecule has 0 N–H and O–H groups in total. The average Bonchev–Trinajstić information content (AvgIpc) is 2.82. The van der Waals surface area contributed by atoms with Crippen molar-refractivity contribution in [3.05, 3.63) is 98.5 Å². The van der Waals surface area contributed by atoms with E-state index in [1.807, 2.05) is 42.2 Å². The minimum Gasteiger partial charge on any atom is -0.489 e. The van der Waals surface area contributed by atoms with Gasteiger partial charge in [0.2, 0.25) is 0 Å². The van der Waals surface area contributed by atoms with Crippen molar-refractivity contribution in [1.82, 2.24) is 4.90 Å². The van der Waals surface area contributed by atoms with Gasteiger partial charge < -0.3 is 14.4 Å². The van der Waals surface area contributed by atoms with E-state index < -0.39 is 16.8 Å². The molecule has 0 amide bonds. The summed E-state index contributed by atoms with van der Waals surface area (Å²) in [5, 5.41) is 12.5. The van der Waals surface area contributed by atoms with Crippen LogP contribution in [0, 0.1) is 10.1 Å². The molecule has 1 heterocycles. The number of rotatable bonds is 9. The van der Waals surface area contributed by atoms with Crippen molar-refractivity contribution in [3.63, 3.8) is 0 Å². The number of benzene rings is 2. The molecule has 184 valence electrons. The van der Waals surface area contributed by atoms with E-state index in [0.717, 1.165) is 18.4 Å². The second-order valence-corrected chi connectivity index (χ2v) is 8.93. The molecule has 0 saturated heterocycles. The van der Waals surface area contributed by atoms with E-state index in [-0.39, 0.29) is 22.9 Å². The van der Waals surface area contributed by atoms with E-state index in [9.17, 15) is 14.9 Å². The van der Waals surface area contributed by atoms with E-state index >= 15 is 0 Å². The van der Waals surface area contributed by atoms with Crippen LogP contribution in [0.25, 0.3) is 0 Å². The van der Waals surface area contributed by atoms with Crippen LogP contribution in [0.2, 0.25) is 0 Å². The molecule has 7 nitrogen and oxygen atoms in total. The van der Waals surface area contributed by atoms with Crippen LogP contribution in [0.4, 0.5) is 0 Å². The molecule has 0 aromatic heterocycles. The zero-order chi connectivity index (χ0) is 25.5. The van der Waals surface area contributed by atoms with Gasteiger partial charge in [-0.3, -0.25) is 10.1 Å². The van der Waals surface area contributed by atoms with Gasteiger partial charge >= 0.3 is 5.97 Å². The maximum absolute atomic E-state index is 13.3. The summed E-state index contributed by atoms with van der Waals surface area (Å²) in [7, 11) is 0. The van der Waals surface area contributed by atoms with Crippen LogP contribution in [0.15, 0.2) is 77.3 Å². The SMILES string of the molecule is CCCCN1C(C)=C(C(=O)OC(C)=S)C(c2ccccc2OCc2ccccc2)C([N+](=O)[O-])=C1C. The molecule has 0 bridgehead atoms. The van der Waals surface area contributed by atoms with E-state index in [4.69, 9.17) is 21.7 Å². The summed E-state index contributed by atoms with van der Waals surface area (Å²) in [5.41, 5.74) is 2.72. The molecule has 2 aromatic rings. The highest BCUT2D eigenvalue weighted by molar-refractivity contribution is 7.80. The van der Waals surface area contributed by atoms with Crippen molar-refractivity contribution >= 4 is 23.2 Å². The summed E-state index contributed by atoms with van der Waals surface area (Å²) in [4.78, 5) is 27.2. The third kappa shape index (κ3) is 5.95. The molecule has 8 heteroatoms. The van der Waals surface area contributed by atoms with E-state index in [1.165, 1.54) is 6.92 Å². The van der Waals surface area contributed by atoms with Crippen LogP contribution in [-0.2, 0) is 16.1 Å². The maximum atomic E-state index is 13.3. The number of para-hydroxylation sites is 1. The first-order valence-corrected chi connectivity index (χ1v) is 12.0. The molecule has 1 aliphatic heterocycles. The Hall–Kier alpha value is -3.52. The van der Waals surface area contributed by atoms with Gasteiger partial charge in [-0.15, -0.1) is 0 Å². The Morgan fingerprint density at radius 3 is 2.37 bits per heavy atom. The first kappa shape index (κ1) is 26.1. The second-order valence-electron chi connectivity index (χ2n) is 8.36. The number of ether oxygens (including phenoxy) is 2. The molecule has 2 aromatic carbocycles. The van der Waals surface area contributed by atoms with Gasteiger partial charge in [-0.1, -0.05) is 61.9 Å². The maximum Gasteiger partial charge on any atom is 0.342 e. The number of hydrogen-bond donors (Lipinski definition) is 0. The van der Waals surface area contributed by atoms with Crippen LogP contribution in [0.3, 0.4) is 0 Å². The molecule has 3 rings (SSSR count). The number of nitrogens with zero attached hydrogens (tertiary/aromatic N) is 2. The summed E-state index contributed by atoms with van der Waals surface area (Å²) in [6.07, 6.45) is 1.72. The van der Waals surface area contributed by atoms with Crippen molar-refractivity contribution in [2.24, 2.45) is 0 Å². The molecule has 1 aliphatic rings. The Morgan fingerprint density at radius 2 is 1.74 bits per heavy atom. The minimum absolute atomic E-state index is 0.0525. The van der Waals surface area contributed by atoms with Gasteiger partial charge in [0, 0.05) is 24.7 Å². The van der Waals surface area contributed by atoms with Crippen LogP contribution in [0.1, 0.15) is 57.6 Å². The summed E-state index contributed by atoms with van der Waals surface area (Å²) in [5.74, 6) is -1.20. The Kier molecular flexibility index (Phi) is 8.76. The third-order valence-electron chi connectivity index (χ3n) is 5.99. The zero-order valence-corrected chi connectivity index (χ0v) is 21.3. The lowest BCUT2D eigenvalue weighted by Gasteiger charge is -2.35. The smallest absolute Gasteiger partial charge is 0.342 e. The fraction of sp³-hybridized carbons (Fsp3) is 0.333. The number of carbonyl (C=O) groups is 1. The molecule has 0 spiro atoms. The van der Waals surface area contributed by atoms with Crippen molar-refractivity contribution < 1.29 is 19.2 Å². The van der Waals surface area contributed by atoms with Gasteiger partial charge in [-0.25, -0.2) is 4.79 Å². The predicted molar refractivity (Wildman–Crippen MR) is 138 cm³/mol. The minimum atomic E-state index is -0.975. The highest BCUT2D eigenvalue weighted by Crippen LogP contribution is 2.45. The van der Waals surface area contributed by atoms with Crippen molar-refractivity contribution in [2.75, 3.05) is 6.54 Å². The number of allylic oxidation sites excluding steroid dienone is 3. The lowest BCUT2D eigenvalue weighted by Crippen LogP contribution is -2.35. The lowest BCUT2D eigenvalue weighted by molar-refractivity contribution is -0.431. The fourth-order valence-corrected chi connectivity index (χ4v) is 4.39. The predicted octanol–water partition coefficient (Wildman–Crippen LogP) is 6.14. The molecule has 0 aliphatic carbocycles. The lowest BCUT2D eigenvalue weighted by atomic mass is 9.82. The molecule has 0 radical (unpaired) electrons. The normalized spacial score (nSPS) is 15.8. The van der Waals surface area contributed by atoms with Crippen molar-refractivity contribution in [2.45, 2.75) is 53.1 Å². The molecule has 0 fully saturated rings. The van der Waals surface area contributed by atoms with Gasteiger partial charge in [0.15, 0.2) is 5.05 Å². The van der Waals surface area contributed by atoms with Gasteiger partial charge in [0.1, 0.15) is 18.3 Å². The summed E-state index contributed by atoms with van der Waals surface area (Å²) < 4.78 is 11.4. The number of thiocarbonyl (C=S) groups is 1. The van der Waals surface area contributed by atoms with E-state index in [0.29, 0.717) is 29.3 Å². The molecular weight excluding hydrogens is 464 g/mol. The molecule has 35 heavy (non-hydrogen) atoms. The Bertz CT molecular complexity index is 1170. The Labute approximate surface area is 211 Å². The number of unbranched alkanes of at least 4 members (excludes halogenated alkanes) is 1. The number of hydrogen-bond acceptors (Lipinski definition) is 7. The van der Waals surface area contributed by atoms with Gasteiger partial charge in [-0.2, -0.15) is 0 Å². The van der Waals surface area contributed by atoms with E-state index in [1.54, 1.807) is 38.1 Å². The number of esters is 1. The second kappa shape index (κ2) is 11.8. The first-order valence-electron chi connectivity index (χ1n) is 11.6. The number of carbonyl (C=O) groups excluding carboxylic acids is 1. The third-order valence-corrected chi connectivity index (χ3v) is 6.07. The van der Waals surface area contributed by atoms with Crippen LogP contribution < -0.4 is 4.74 Å². The van der Waals surface area contributed by atoms with Gasteiger partial charge in [0.05, 0.1) is 16.2 Å². The Balaban J connectivity index is 2.16. The highest BCUT2D eigenvalue weighted by atomic mass is 32.1. The van der Waals surface area contributed by atoms with Crippen LogP contribution >= 0.6 is 12.2 Å². The summed E-state index contributed by atoms with van der Waals surface area (Å²) in [6, 6.07) is 16.7. The van der Waals surface area contributed by atoms with Gasteiger partial charge in [-0.05, 0) is 44.1 Å². The molecular formula is C27H30N2O5S. The summed E-state index contributed by atoms with van der Waals surface area (Å²) >= 11 is 5.01. The van der Waals surface area contributed by atoms with Gasteiger partial charge in [0.25, 0.3) is 5.70 Å². The standard InChI is InChI=1S/C27H30N2O5S/c1-5-6-16-28-18(2)24(27(30)34-20(4)35)25(26(19(28)3)29(31)32)22-14-10-11-15-23(22)33-17-21-12-8-7-9-13-21/h7-15,25H,5-6,16-17H2,1-4H3. The quantitative estimate of drug-likeness (QED) is 0.179. The highest BCUT2D eigenvalue weighted by Gasteiger charge is 2.44. The molecule has 0 saturated carbocycles. The fourth-order valence-electron chi connectivity index (χ4n) is 4.32. The van der Waals surface area contributed by atoms with Crippen LogP contribution in [0.5, 0.6) is 5.75 Å². The average molecular weight is 495 g/mol. The summed E-state index contributed by atoms with van der Waals surface area (Å²) in [6.45, 7) is 7.91. The van der Waals surface area contributed by atoms with E-state index in [2.05, 4.69) is 0 Å². The monoisotopic (exact) mass is 494 g/mol. The first-order chi connectivity index (χ1) is 16.8. The largest absolute Gasteiger partial charge is 0.489 e. The van der Waals surface area contributed by atoms with Crippen LogP contribution in [-0.4, -0.2) is 27.4 Å². The molecule has 1 unspecified atom stereocenters. The number of nitro groups is 1. The topological polar surface area (TPSA) is 81.9 Å². The zero-order valence-electron chi connectivity index (χ0n) is 20.4. The molecule has 1 atom stereocenters. The Morgan fingerprint density at radius 1 is 1.09 bits per heavy atom. The van der Waals surface area contributed by atoms with Crippen molar-refractivity contribution in [1.29, 1.82) is 0 Å².